The van der Waals surface area contributed by atoms with E-state index >= 15 is 0 Å². The lowest BCUT2D eigenvalue weighted by Crippen LogP contribution is -2.37. The lowest BCUT2D eigenvalue weighted by atomic mass is 9.89. The predicted molar refractivity (Wildman–Crippen MR) is 88.8 cm³/mol. The highest BCUT2D eigenvalue weighted by molar-refractivity contribution is 7.80. The van der Waals surface area contributed by atoms with Gasteiger partial charge in [0.05, 0.1) is 0 Å². The van der Waals surface area contributed by atoms with Crippen LogP contribution in [0.25, 0.3) is 0 Å². The van der Waals surface area contributed by atoms with E-state index in [2.05, 4.69) is 45.9 Å². The zero-order valence-corrected chi connectivity index (χ0v) is 13.0. The standard InChI is InChI=1S/C16H22N4S/c17-13-19-16(21)18-9-4-10-20-11-7-15(8-12-20)14-5-2-1-3-6-14/h1-3,5-6,15H,4,7-12H2,(H2,18,19,21). The van der Waals surface area contributed by atoms with Gasteiger partial charge in [-0.25, -0.2) is 0 Å². The molecule has 1 saturated heterocycles. The minimum atomic E-state index is 0.417. The Morgan fingerprint density at radius 3 is 2.67 bits per heavy atom. The summed E-state index contributed by atoms with van der Waals surface area (Å²) in [4.78, 5) is 2.52. The third-order valence-electron chi connectivity index (χ3n) is 3.96. The van der Waals surface area contributed by atoms with Gasteiger partial charge in [0, 0.05) is 6.54 Å². The Hall–Kier alpha value is -1.64. The van der Waals surface area contributed by atoms with Gasteiger partial charge in [0.25, 0.3) is 0 Å². The number of nitriles is 1. The first-order valence-corrected chi connectivity index (χ1v) is 7.90. The lowest BCUT2D eigenvalue weighted by Gasteiger charge is -2.32. The van der Waals surface area contributed by atoms with Crippen LogP contribution in [0.2, 0.25) is 0 Å². The highest BCUT2D eigenvalue weighted by atomic mass is 32.1. The largest absolute Gasteiger partial charge is 0.362 e. The number of nitrogens with zero attached hydrogens (tertiary/aromatic N) is 2. The fourth-order valence-corrected chi connectivity index (χ4v) is 2.96. The van der Waals surface area contributed by atoms with E-state index < -0.39 is 0 Å². The molecule has 1 aromatic rings. The fraction of sp³-hybridized carbons (Fsp3) is 0.500. The van der Waals surface area contributed by atoms with Crippen molar-refractivity contribution in [2.45, 2.75) is 25.2 Å². The summed E-state index contributed by atoms with van der Waals surface area (Å²) in [5, 5.41) is 14.3. The maximum atomic E-state index is 8.42. The maximum absolute atomic E-state index is 8.42. The van der Waals surface area contributed by atoms with E-state index in [1.54, 1.807) is 0 Å². The molecule has 1 aliphatic heterocycles. The normalized spacial score (nSPS) is 16.1. The molecule has 0 bridgehead atoms. The Labute approximate surface area is 132 Å². The monoisotopic (exact) mass is 302 g/mol. The van der Waals surface area contributed by atoms with E-state index in [1.165, 1.54) is 31.5 Å². The first-order chi connectivity index (χ1) is 10.3. The number of hydrogen-bond acceptors (Lipinski definition) is 3. The van der Waals surface area contributed by atoms with Gasteiger partial charge in [0.2, 0.25) is 0 Å². The number of hydrogen-bond donors (Lipinski definition) is 2. The van der Waals surface area contributed by atoms with Crippen molar-refractivity contribution in [3.63, 3.8) is 0 Å². The van der Waals surface area contributed by atoms with Gasteiger partial charge in [-0.2, -0.15) is 5.26 Å². The van der Waals surface area contributed by atoms with Gasteiger partial charge in [0.15, 0.2) is 11.3 Å². The average Bonchev–Trinajstić information content (AvgIpc) is 2.53. The molecular weight excluding hydrogens is 280 g/mol. The third-order valence-corrected chi connectivity index (χ3v) is 4.21. The van der Waals surface area contributed by atoms with E-state index in [0.29, 0.717) is 11.0 Å². The van der Waals surface area contributed by atoms with Crippen LogP contribution in [0, 0.1) is 11.5 Å². The summed E-state index contributed by atoms with van der Waals surface area (Å²) < 4.78 is 0. The van der Waals surface area contributed by atoms with Crippen molar-refractivity contribution in [3.05, 3.63) is 35.9 Å². The quantitative estimate of drug-likeness (QED) is 0.378. The Bertz CT molecular complexity index is 475. The molecule has 0 atom stereocenters. The molecule has 0 amide bonds. The van der Waals surface area contributed by atoms with E-state index in [4.69, 9.17) is 17.5 Å². The van der Waals surface area contributed by atoms with Crippen molar-refractivity contribution in [3.8, 4) is 6.19 Å². The molecule has 5 heteroatoms. The first kappa shape index (κ1) is 15.7. The minimum Gasteiger partial charge on any atom is -0.362 e. The molecule has 0 radical (unpaired) electrons. The molecule has 112 valence electrons. The minimum absolute atomic E-state index is 0.417. The van der Waals surface area contributed by atoms with Crippen LogP contribution < -0.4 is 10.6 Å². The second-order valence-corrected chi connectivity index (χ2v) is 5.78. The van der Waals surface area contributed by atoms with Gasteiger partial charge in [-0.3, -0.25) is 5.32 Å². The number of rotatable bonds is 5. The maximum Gasteiger partial charge on any atom is 0.183 e. The molecular formula is C16H22N4S. The lowest BCUT2D eigenvalue weighted by molar-refractivity contribution is 0.210. The zero-order valence-electron chi connectivity index (χ0n) is 12.2. The van der Waals surface area contributed by atoms with E-state index in [-0.39, 0.29) is 0 Å². The fourth-order valence-electron chi connectivity index (χ4n) is 2.81. The van der Waals surface area contributed by atoms with Crippen molar-refractivity contribution in [1.29, 1.82) is 5.26 Å². The SMILES string of the molecule is N#CNC(=S)NCCCN1CCC(c2ccccc2)CC1. The highest BCUT2D eigenvalue weighted by Crippen LogP contribution is 2.27. The molecule has 1 aliphatic rings. The van der Waals surface area contributed by atoms with Crippen LogP contribution in [0.5, 0.6) is 0 Å². The average molecular weight is 302 g/mol. The topological polar surface area (TPSA) is 51.1 Å². The highest BCUT2D eigenvalue weighted by Gasteiger charge is 2.19. The number of likely N-dealkylation sites (tertiary alicyclic amines) is 1. The van der Waals surface area contributed by atoms with Crippen molar-refractivity contribution < 1.29 is 0 Å². The van der Waals surface area contributed by atoms with Crippen molar-refractivity contribution in [2.75, 3.05) is 26.2 Å². The van der Waals surface area contributed by atoms with Crippen LogP contribution in [0.1, 0.15) is 30.7 Å². The molecule has 0 aliphatic carbocycles. The Kier molecular flexibility index (Phi) is 6.45. The van der Waals surface area contributed by atoms with E-state index in [9.17, 15) is 0 Å². The number of nitrogens with one attached hydrogen (secondary N) is 2. The molecule has 1 aromatic carbocycles. The molecule has 1 fully saturated rings. The summed E-state index contributed by atoms with van der Waals surface area (Å²) in [5.41, 5.74) is 1.48. The molecule has 21 heavy (non-hydrogen) atoms. The van der Waals surface area contributed by atoms with Crippen LogP contribution in [0.15, 0.2) is 30.3 Å². The van der Waals surface area contributed by atoms with Gasteiger partial charge in [-0.15, -0.1) is 0 Å². The molecule has 0 spiro atoms. The van der Waals surface area contributed by atoms with Gasteiger partial charge in [0.1, 0.15) is 0 Å². The second-order valence-electron chi connectivity index (χ2n) is 5.37. The Balaban J connectivity index is 1.61. The number of thiocarbonyl (C=S) groups is 1. The second kappa shape index (κ2) is 8.60. The molecule has 0 unspecified atom stereocenters. The predicted octanol–water partition coefficient (Wildman–Crippen LogP) is 2.20. The molecule has 2 N–H and O–H groups in total. The Morgan fingerprint density at radius 2 is 2.00 bits per heavy atom. The van der Waals surface area contributed by atoms with Crippen molar-refractivity contribution in [2.24, 2.45) is 0 Å². The van der Waals surface area contributed by atoms with Crippen molar-refractivity contribution in [1.82, 2.24) is 15.5 Å². The van der Waals surface area contributed by atoms with Gasteiger partial charge < -0.3 is 10.2 Å². The van der Waals surface area contributed by atoms with Gasteiger partial charge in [-0.05, 0) is 62.6 Å². The van der Waals surface area contributed by atoms with Crippen LogP contribution in [-0.4, -0.2) is 36.2 Å². The van der Waals surface area contributed by atoms with Crippen LogP contribution >= 0.6 is 12.2 Å². The number of benzene rings is 1. The van der Waals surface area contributed by atoms with Crippen LogP contribution in [0.4, 0.5) is 0 Å². The molecule has 4 nitrogen and oxygen atoms in total. The van der Waals surface area contributed by atoms with Gasteiger partial charge in [-0.1, -0.05) is 30.3 Å². The summed E-state index contributed by atoms with van der Waals surface area (Å²) in [6, 6.07) is 10.8. The van der Waals surface area contributed by atoms with E-state index in [0.717, 1.165) is 19.5 Å². The summed E-state index contributed by atoms with van der Waals surface area (Å²) in [5.74, 6) is 0.716. The third kappa shape index (κ3) is 5.33. The zero-order chi connectivity index (χ0) is 14.9. The summed E-state index contributed by atoms with van der Waals surface area (Å²) in [6.45, 7) is 4.23. The Morgan fingerprint density at radius 1 is 1.29 bits per heavy atom. The summed E-state index contributed by atoms with van der Waals surface area (Å²) >= 11 is 4.93. The summed E-state index contributed by atoms with van der Waals surface area (Å²) in [6.07, 6.45) is 5.34. The molecule has 0 saturated carbocycles. The van der Waals surface area contributed by atoms with Gasteiger partial charge >= 0.3 is 0 Å². The van der Waals surface area contributed by atoms with Crippen LogP contribution in [-0.2, 0) is 0 Å². The van der Waals surface area contributed by atoms with E-state index in [1.807, 2.05) is 6.19 Å². The number of piperidine rings is 1. The van der Waals surface area contributed by atoms with Crippen LogP contribution in [0.3, 0.4) is 0 Å². The molecule has 0 aromatic heterocycles. The smallest absolute Gasteiger partial charge is 0.183 e. The molecule has 2 rings (SSSR count). The van der Waals surface area contributed by atoms with Crippen molar-refractivity contribution >= 4 is 17.3 Å². The molecule has 1 heterocycles. The summed E-state index contributed by atoms with van der Waals surface area (Å²) in [7, 11) is 0. The first-order valence-electron chi connectivity index (χ1n) is 7.50.